The van der Waals surface area contributed by atoms with E-state index in [1.807, 2.05) is 12.1 Å². The van der Waals surface area contributed by atoms with Gasteiger partial charge < -0.3 is 14.4 Å². The number of aromatic nitrogens is 1. The van der Waals surface area contributed by atoms with Gasteiger partial charge in [-0.15, -0.1) is 0 Å². The summed E-state index contributed by atoms with van der Waals surface area (Å²) in [6, 6.07) is 16.6. The highest BCUT2D eigenvalue weighted by Crippen LogP contribution is 2.39. The maximum Gasteiger partial charge on any atom is 0.118 e. The minimum atomic E-state index is -0.645. The molecule has 0 saturated carbocycles. The molecule has 0 unspecified atom stereocenters. The van der Waals surface area contributed by atoms with Crippen molar-refractivity contribution < 1.29 is 9.84 Å². The molecule has 1 aliphatic rings. The fraction of sp³-hybridized carbons (Fsp3) is 0.263. The Morgan fingerprint density at radius 1 is 1.13 bits per heavy atom. The average Bonchev–Trinajstić information content (AvgIpc) is 2.95. The summed E-state index contributed by atoms with van der Waals surface area (Å²) in [4.78, 5) is 0. The van der Waals surface area contributed by atoms with Crippen LogP contribution in [0.5, 0.6) is 5.75 Å². The summed E-state index contributed by atoms with van der Waals surface area (Å²) < 4.78 is 7.44. The summed E-state index contributed by atoms with van der Waals surface area (Å²) in [7, 11) is 1.68. The molecule has 0 radical (unpaired) electrons. The number of fused-ring (bicyclic) bond motifs is 1. The number of hydrogen-bond donors (Lipinski definition) is 1. The van der Waals surface area contributed by atoms with E-state index in [9.17, 15) is 5.11 Å². The number of aliphatic hydroxyl groups is 1. The Morgan fingerprint density at radius 3 is 2.57 bits per heavy atom. The van der Waals surface area contributed by atoms with Gasteiger partial charge >= 0.3 is 0 Å². The highest BCUT2D eigenvalue weighted by Gasteiger charge is 2.37. The highest BCUT2D eigenvalue weighted by atomic mass is 32.2. The van der Waals surface area contributed by atoms with Gasteiger partial charge in [-0.1, -0.05) is 24.3 Å². The van der Waals surface area contributed by atoms with E-state index in [4.69, 9.17) is 4.74 Å². The fourth-order valence-electron chi connectivity index (χ4n) is 3.00. The topological polar surface area (TPSA) is 34.4 Å². The second kappa shape index (κ2) is 5.62. The van der Waals surface area contributed by atoms with Crippen molar-refractivity contribution in [3.05, 3.63) is 65.9 Å². The van der Waals surface area contributed by atoms with Gasteiger partial charge in [-0.25, -0.2) is 0 Å². The Hall–Kier alpha value is -1.91. The first kappa shape index (κ1) is 14.7. The summed E-state index contributed by atoms with van der Waals surface area (Å²) >= 11 is 1.79. The van der Waals surface area contributed by atoms with Crippen molar-refractivity contribution in [1.82, 2.24) is 4.57 Å². The third-order valence-corrected chi connectivity index (χ3v) is 5.87. The molecule has 4 rings (SSSR count). The number of ether oxygens (including phenoxy) is 1. The van der Waals surface area contributed by atoms with Crippen molar-refractivity contribution in [2.75, 3.05) is 18.6 Å². The smallest absolute Gasteiger partial charge is 0.118 e. The van der Waals surface area contributed by atoms with Crippen LogP contribution in [0.3, 0.4) is 0 Å². The van der Waals surface area contributed by atoms with Crippen molar-refractivity contribution in [3.8, 4) is 5.75 Å². The van der Waals surface area contributed by atoms with Crippen LogP contribution in [0.1, 0.15) is 11.1 Å². The molecule has 3 aromatic rings. The van der Waals surface area contributed by atoms with Gasteiger partial charge in [-0.2, -0.15) is 11.8 Å². The molecule has 2 heterocycles. The van der Waals surface area contributed by atoms with Crippen LogP contribution in [-0.4, -0.2) is 28.3 Å². The Kier molecular flexibility index (Phi) is 3.58. The van der Waals surface area contributed by atoms with Crippen molar-refractivity contribution in [2.24, 2.45) is 0 Å². The normalized spacial score (nSPS) is 16.3. The Balaban J connectivity index is 1.67. The number of rotatable bonds is 4. The van der Waals surface area contributed by atoms with E-state index in [-0.39, 0.29) is 0 Å². The zero-order valence-electron chi connectivity index (χ0n) is 13.0. The molecule has 0 spiro atoms. The molecular formula is C19H19NO2S. The summed E-state index contributed by atoms with van der Waals surface area (Å²) in [5.74, 6) is 2.45. The SMILES string of the molecule is COc1ccc(Cn2ccc3ccc(C4(O)CSC4)cc32)cc1. The van der Waals surface area contributed by atoms with Crippen LogP contribution in [-0.2, 0) is 12.1 Å². The molecule has 0 bridgehead atoms. The van der Waals surface area contributed by atoms with E-state index in [2.05, 4.69) is 47.2 Å². The van der Waals surface area contributed by atoms with Crippen LogP contribution < -0.4 is 4.74 Å². The lowest BCUT2D eigenvalue weighted by molar-refractivity contribution is 0.0770. The molecule has 1 fully saturated rings. The second-order valence-electron chi connectivity index (χ2n) is 6.09. The zero-order chi connectivity index (χ0) is 15.9. The van der Waals surface area contributed by atoms with E-state index in [1.54, 1.807) is 18.9 Å². The average molecular weight is 325 g/mol. The van der Waals surface area contributed by atoms with Gasteiger partial charge in [0.1, 0.15) is 11.4 Å². The molecule has 2 aromatic carbocycles. The van der Waals surface area contributed by atoms with Crippen molar-refractivity contribution in [3.63, 3.8) is 0 Å². The summed E-state index contributed by atoms with van der Waals surface area (Å²) in [6.45, 7) is 0.810. The zero-order valence-corrected chi connectivity index (χ0v) is 13.8. The molecule has 1 aliphatic heterocycles. The first-order valence-electron chi connectivity index (χ1n) is 7.70. The van der Waals surface area contributed by atoms with Gasteiger partial charge in [0, 0.05) is 29.8 Å². The van der Waals surface area contributed by atoms with Crippen LogP contribution in [0.2, 0.25) is 0 Å². The van der Waals surface area contributed by atoms with Crippen molar-refractivity contribution >= 4 is 22.7 Å². The quantitative estimate of drug-likeness (QED) is 0.795. The van der Waals surface area contributed by atoms with Gasteiger partial charge in [0.05, 0.1) is 7.11 Å². The maximum absolute atomic E-state index is 10.6. The van der Waals surface area contributed by atoms with Crippen LogP contribution in [0.25, 0.3) is 10.9 Å². The molecule has 0 amide bonds. The third kappa shape index (κ3) is 2.62. The maximum atomic E-state index is 10.6. The predicted octanol–water partition coefficient (Wildman–Crippen LogP) is 3.63. The monoisotopic (exact) mass is 325 g/mol. The van der Waals surface area contributed by atoms with Crippen LogP contribution >= 0.6 is 11.8 Å². The van der Waals surface area contributed by atoms with Crippen molar-refractivity contribution in [2.45, 2.75) is 12.1 Å². The number of nitrogens with zero attached hydrogens (tertiary/aromatic N) is 1. The lowest BCUT2D eigenvalue weighted by Crippen LogP contribution is -2.39. The van der Waals surface area contributed by atoms with Crippen molar-refractivity contribution in [1.29, 1.82) is 0 Å². The summed E-state index contributed by atoms with van der Waals surface area (Å²) in [5, 5.41) is 11.8. The standard InChI is InChI=1S/C19H19NO2S/c1-22-17-6-2-14(3-7-17)11-20-9-8-15-4-5-16(10-18(15)20)19(21)12-23-13-19/h2-10,21H,11-13H2,1H3. The molecule has 0 atom stereocenters. The van der Waals surface area contributed by atoms with Gasteiger partial charge in [-0.3, -0.25) is 0 Å². The van der Waals surface area contributed by atoms with Crippen LogP contribution in [0, 0.1) is 0 Å². The number of methoxy groups -OCH3 is 1. The highest BCUT2D eigenvalue weighted by molar-refractivity contribution is 8.00. The van der Waals surface area contributed by atoms with Crippen LogP contribution in [0.4, 0.5) is 0 Å². The second-order valence-corrected chi connectivity index (χ2v) is 7.08. The Labute approximate surface area is 139 Å². The van der Waals surface area contributed by atoms with E-state index in [1.165, 1.54) is 16.5 Å². The largest absolute Gasteiger partial charge is 0.497 e. The number of hydrogen-bond acceptors (Lipinski definition) is 3. The fourth-order valence-corrected chi connectivity index (χ4v) is 3.93. The molecule has 118 valence electrons. The molecule has 0 aliphatic carbocycles. The Bertz CT molecular complexity index is 834. The van der Waals surface area contributed by atoms with E-state index >= 15 is 0 Å². The number of thioether (sulfide) groups is 1. The minimum absolute atomic E-state index is 0.645. The van der Waals surface area contributed by atoms with Gasteiger partial charge in [0.2, 0.25) is 0 Å². The van der Waals surface area contributed by atoms with E-state index in [0.29, 0.717) is 0 Å². The molecule has 1 saturated heterocycles. The lowest BCUT2D eigenvalue weighted by atomic mass is 9.96. The van der Waals surface area contributed by atoms with Gasteiger partial charge in [-0.05, 0) is 40.8 Å². The molecule has 23 heavy (non-hydrogen) atoms. The molecule has 1 N–H and O–H groups in total. The van der Waals surface area contributed by atoms with E-state index in [0.717, 1.165) is 29.4 Å². The first-order chi connectivity index (χ1) is 11.2. The Morgan fingerprint density at radius 2 is 1.91 bits per heavy atom. The van der Waals surface area contributed by atoms with Gasteiger partial charge in [0.25, 0.3) is 0 Å². The van der Waals surface area contributed by atoms with E-state index < -0.39 is 5.60 Å². The summed E-state index contributed by atoms with van der Waals surface area (Å²) in [5.41, 5.74) is 2.78. The predicted molar refractivity (Wildman–Crippen MR) is 95.3 cm³/mol. The lowest BCUT2D eigenvalue weighted by Gasteiger charge is -2.36. The minimum Gasteiger partial charge on any atom is -0.497 e. The molecule has 4 heteroatoms. The molecule has 1 aromatic heterocycles. The first-order valence-corrected chi connectivity index (χ1v) is 8.86. The molecular weight excluding hydrogens is 306 g/mol. The van der Waals surface area contributed by atoms with Crippen LogP contribution in [0.15, 0.2) is 54.7 Å². The molecule has 3 nitrogen and oxygen atoms in total. The number of benzene rings is 2. The van der Waals surface area contributed by atoms with Gasteiger partial charge in [0.15, 0.2) is 0 Å². The third-order valence-electron chi connectivity index (χ3n) is 4.50. The summed E-state index contributed by atoms with van der Waals surface area (Å²) in [6.07, 6.45) is 2.11.